The Kier molecular flexibility index (Phi) is 4.64. The van der Waals surface area contributed by atoms with Crippen LogP contribution in [0.25, 0.3) is 0 Å². The van der Waals surface area contributed by atoms with Crippen LogP contribution in [0, 0.1) is 0 Å². The van der Waals surface area contributed by atoms with Crippen molar-refractivity contribution in [2.24, 2.45) is 5.73 Å². The molecule has 0 aliphatic carbocycles. The summed E-state index contributed by atoms with van der Waals surface area (Å²) in [6.45, 7) is 1.17. The average molecular weight is 366 g/mol. The van der Waals surface area contributed by atoms with Crippen LogP contribution in [0.2, 0.25) is 0 Å². The van der Waals surface area contributed by atoms with Gasteiger partial charge in [0.25, 0.3) is 5.91 Å². The number of imide groups is 1. The Morgan fingerprint density at radius 1 is 1.07 bits per heavy atom. The summed E-state index contributed by atoms with van der Waals surface area (Å²) >= 11 is 0. The number of urea groups is 1. The number of carbonyl (C=O) groups excluding carboxylic acids is 4. The molecule has 27 heavy (non-hydrogen) atoms. The van der Waals surface area contributed by atoms with Gasteiger partial charge in [0.2, 0.25) is 11.8 Å². The van der Waals surface area contributed by atoms with Gasteiger partial charge >= 0.3 is 6.03 Å². The van der Waals surface area contributed by atoms with Gasteiger partial charge in [0.15, 0.2) is 0 Å². The standard InChI is InChI=1S/C19H18N4O4/c1-19(13-5-3-2-4-6-13)17(26)23(18(27)22-19)11-15(24)21-14-9-7-12(8-10-14)16(20)25/h2-10H,11H2,1H3,(H2,20,25)(H,21,24)(H,22,27)/t19-/m1/s1. The molecule has 0 radical (unpaired) electrons. The second kappa shape index (κ2) is 6.91. The van der Waals surface area contributed by atoms with Gasteiger partial charge in [-0.25, -0.2) is 4.79 Å². The molecule has 1 saturated heterocycles. The van der Waals surface area contributed by atoms with Crippen LogP contribution in [0.4, 0.5) is 10.5 Å². The van der Waals surface area contributed by atoms with E-state index in [9.17, 15) is 19.2 Å². The highest BCUT2D eigenvalue weighted by Crippen LogP contribution is 2.28. The molecule has 1 fully saturated rings. The SMILES string of the molecule is C[C@]1(c2ccccc2)NC(=O)N(CC(=O)Nc2ccc(C(N)=O)cc2)C1=O. The Morgan fingerprint density at radius 3 is 2.30 bits per heavy atom. The molecule has 0 saturated carbocycles. The van der Waals surface area contributed by atoms with E-state index in [1.54, 1.807) is 31.2 Å². The van der Waals surface area contributed by atoms with Crippen LogP contribution in [0.15, 0.2) is 54.6 Å². The number of nitrogens with one attached hydrogen (secondary N) is 2. The Balaban J connectivity index is 1.70. The third-order valence-electron chi connectivity index (χ3n) is 4.38. The van der Waals surface area contributed by atoms with E-state index in [0.717, 1.165) is 4.90 Å². The third-order valence-corrected chi connectivity index (χ3v) is 4.38. The molecule has 2 aromatic carbocycles. The number of primary amides is 1. The van der Waals surface area contributed by atoms with Gasteiger partial charge in [-0.2, -0.15) is 0 Å². The number of hydrogen-bond acceptors (Lipinski definition) is 4. The van der Waals surface area contributed by atoms with E-state index >= 15 is 0 Å². The summed E-state index contributed by atoms with van der Waals surface area (Å²) in [5.41, 5.74) is 5.30. The zero-order chi connectivity index (χ0) is 19.6. The average Bonchev–Trinajstić information content (AvgIpc) is 2.87. The fourth-order valence-electron chi connectivity index (χ4n) is 2.87. The number of hydrogen-bond donors (Lipinski definition) is 3. The smallest absolute Gasteiger partial charge is 0.325 e. The van der Waals surface area contributed by atoms with Crippen LogP contribution in [0.3, 0.4) is 0 Å². The Morgan fingerprint density at radius 2 is 1.70 bits per heavy atom. The minimum Gasteiger partial charge on any atom is -0.366 e. The lowest BCUT2D eigenvalue weighted by atomic mass is 9.92. The van der Waals surface area contributed by atoms with E-state index in [4.69, 9.17) is 5.73 Å². The summed E-state index contributed by atoms with van der Waals surface area (Å²) < 4.78 is 0. The van der Waals surface area contributed by atoms with Gasteiger partial charge in [-0.05, 0) is 36.8 Å². The second-order valence-electron chi connectivity index (χ2n) is 6.30. The van der Waals surface area contributed by atoms with E-state index in [2.05, 4.69) is 10.6 Å². The molecule has 0 aromatic heterocycles. The first kappa shape index (κ1) is 18.1. The number of nitrogens with two attached hydrogens (primary N) is 1. The monoisotopic (exact) mass is 366 g/mol. The van der Waals surface area contributed by atoms with E-state index in [1.165, 1.54) is 24.3 Å². The molecule has 1 atom stereocenters. The van der Waals surface area contributed by atoms with Crippen molar-refractivity contribution < 1.29 is 19.2 Å². The van der Waals surface area contributed by atoms with Crippen molar-refractivity contribution in [1.29, 1.82) is 0 Å². The summed E-state index contributed by atoms with van der Waals surface area (Å²) in [6.07, 6.45) is 0. The first-order valence-electron chi connectivity index (χ1n) is 8.20. The van der Waals surface area contributed by atoms with Crippen LogP contribution in [-0.2, 0) is 15.1 Å². The molecule has 0 unspecified atom stereocenters. The molecular formula is C19H18N4O4. The third kappa shape index (κ3) is 3.50. The highest BCUT2D eigenvalue weighted by Gasteiger charge is 2.49. The molecule has 1 aliphatic rings. The summed E-state index contributed by atoms with van der Waals surface area (Å²) in [6, 6.07) is 14.2. The number of carbonyl (C=O) groups is 4. The molecular weight excluding hydrogens is 348 g/mol. The fraction of sp³-hybridized carbons (Fsp3) is 0.158. The molecule has 138 valence electrons. The molecule has 1 heterocycles. The van der Waals surface area contributed by atoms with Crippen molar-refractivity contribution in [1.82, 2.24) is 10.2 Å². The number of amides is 5. The quantitative estimate of drug-likeness (QED) is 0.688. The molecule has 4 N–H and O–H groups in total. The van der Waals surface area contributed by atoms with E-state index < -0.39 is 35.8 Å². The van der Waals surface area contributed by atoms with Crippen molar-refractivity contribution in [3.05, 3.63) is 65.7 Å². The maximum absolute atomic E-state index is 12.8. The number of anilines is 1. The maximum Gasteiger partial charge on any atom is 0.325 e. The lowest BCUT2D eigenvalue weighted by Gasteiger charge is -2.22. The number of benzene rings is 2. The zero-order valence-corrected chi connectivity index (χ0v) is 14.6. The first-order valence-corrected chi connectivity index (χ1v) is 8.20. The van der Waals surface area contributed by atoms with Gasteiger partial charge in [-0.1, -0.05) is 30.3 Å². The normalized spacial score (nSPS) is 18.9. The molecule has 1 aliphatic heterocycles. The van der Waals surface area contributed by atoms with Crippen molar-refractivity contribution >= 4 is 29.4 Å². The largest absolute Gasteiger partial charge is 0.366 e. The highest BCUT2D eigenvalue weighted by atomic mass is 16.2. The van der Waals surface area contributed by atoms with E-state index in [0.29, 0.717) is 16.8 Å². The summed E-state index contributed by atoms with van der Waals surface area (Å²) in [5.74, 6) is -1.62. The molecule has 3 rings (SSSR count). The van der Waals surface area contributed by atoms with Crippen molar-refractivity contribution in [3.8, 4) is 0 Å². The van der Waals surface area contributed by atoms with Gasteiger partial charge in [0.05, 0.1) is 0 Å². The predicted molar refractivity (Wildman–Crippen MR) is 97.6 cm³/mol. The van der Waals surface area contributed by atoms with Crippen LogP contribution in [0.5, 0.6) is 0 Å². The van der Waals surface area contributed by atoms with E-state index in [-0.39, 0.29) is 0 Å². The molecule has 8 nitrogen and oxygen atoms in total. The summed E-state index contributed by atoms with van der Waals surface area (Å²) in [7, 11) is 0. The Labute approximate surface area is 155 Å². The molecule has 2 aromatic rings. The first-order chi connectivity index (χ1) is 12.8. The fourth-order valence-corrected chi connectivity index (χ4v) is 2.87. The van der Waals surface area contributed by atoms with Crippen LogP contribution < -0.4 is 16.4 Å². The summed E-state index contributed by atoms with van der Waals surface area (Å²) in [4.78, 5) is 49.2. The van der Waals surface area contributed by atoms with Crippen molar-refractivity contribution in [2.45, 2.75) is 12.5 Å². The van der Waals surface area contributed by atoms with Crippen LogP contribution in [0.1, 0.15) is 22.8 Å². The second-order valence-corrected chi connectivity index (χ2v) is 6.30. The number of nitrogens with zero attached hydrogens (tertiary/aromatic N) is 1. The maximum atomic E-state index is 12.8. The van der Waals surface area contributed by atoms with Crippen LogP contribution >= 0.6 is 0 Å². The summed E-state index contributed by atoms with van der Waals surface area (Å²) in [5, 5.41) is 5.22. The van der Waals surface area contributed by atoms with Crippen molar-refractivity contribution in [2.75, 3.05) is 11.9 Å². The van der Waals surface area contributed by atoms with Crippen molar-refractivity contribution in [3.63, 3.8) is 0 Å². The number of rotatable bonds is 5. The topological polar surface area (TPSA) is 122 Å². The zero-order valence-electron chi connectivity index (χ0n) is 14.6. The molecule has 8 heteroatoms. The Hall–Kier alpha value is -3.68. The minimum atomic E-state index is -1.22. The lowest BCUT2D eigenvalue weighted by molar-refractivity contribution is -0.133. The van der Waals surface area contributed by atoms with Gasteiger partial charge in [0, 0.05) is 11.3 Å². The molecule has 5 amide bonds. The van der Waals surface area contributed by atoms with Crippen LogP contribution in [-0.4, -0.2) is 35.2 Å². The van der Waals surface area contributed by atoms with Gasteiger partial charge in [-0.3, -0.25) is 19.3 Å². The predicted octanol–water partition coefficient (Wildman–Crippen LogP) is 1.19. The highest BCUT2D eigenvalue weighted by molar-refractivity contribution is 6.10. The van der Waals surface area contributed by atoms with Gasteiger partial charge < -0.3 is 16.4 Å². The van der Waals surface area contributed by atoms with Gasteiger partial charge in [0.1, 0.15) is 12.1 Å². The molecule has 0 bridgehead atoms. The Bertz CT molecular complexity index is 911. The minimum absolute atomic E-state index is 0.306. The van der Waals surface area contributed by atoms with Gasteiger partial charge in [-0.15, -0.1) is 0 Å². The molecule has 0 spiro atoms. The lowest BCUT2D eigenvalue weighted by Crippen LogP contribution is -2.42. The van der Waals surface area contributed by atoms with E-state index in [1.807, 2.05) is 6.07 Å².